The van der Waals surface area contributed by atoms with E-state index in [9.17, 15) is 19.8 Å². The Morgan fingerprint density at radius 3 is 3.00 bits per heavy atom. The van der Waals surface area contributed by atoms with Crippen molar-refractivity contribution in [3.63, 3.8) is 0 Å². The zero-order valence-electron chi connectivity index (χ0n) is 11.0. The Labute approximate surface area is 115 Å². The zero-order chi connectivity index (χ0) is 14.5. The van der Waals surface area contributed by atoms with Crippen molar-refractivity contribution in [2.45, 2.75) is 55.7 Å². The van der Waals surface area contributed by atoms with Crippen molar-refractivity contribution in [2.75, 3.05) is 6.61 Å². The molecule has 0 aromatic rings. The van der Waals surface area contributed by atoms with Crippen molar-refractivity contribution >= 4 is 12.1 Å². The van der Waals surface area contributed by atoms with Crippen LogP contribution in [0.4, 0.5) is 4.79 Å². The number of piperidine rings is 1. The average molecular weight is 286 g/mol. The summed E-state index contributed by atoms with van der Waals surface area (Å²) in [5.74, 6) is -0.499. The fraction of sp³-hybridized carbons (Fsp3) is 0.833. The van der Waals surface area contributed by atoms with Gasteiger partial charge in [0.05, 0.1) is 12.7 Å². The van der Waals surface area contributed by atoms with E-state index in [0.717, 1.165) is 0 Å². The first-order valence-electron chi connectivity index (χ1n) is 6.76. The standard InChI is InChI=1S/C12H18N2O6/c1-2-19-10(17)7-8-12(20-11(18)14-8)4-5(15)3-6(13-7)9(12)16/h5-9,13,15-16H,2-4H2,1H3,(H,14,18)/t5-,6?,7-,8+,9?,12+/m1/s1. The molecule has 3 fully saturated rings. The van der Waals surface area contributed by atoms with Gasteiger partial charge in [-0.1, -0.05) is 0 Å². The van der Waals surface area contributed by atoms with Crippen LogP contribution in [0.25, 0.3) is 0 Å². The number of alkyl carbamates (subject to hydrolysis) is 1. The van der Waals surface area contributed by atoms with Gasteiger partial charge in [-0.2, -0.15) is 0 Å². The Balaban J connectivity index is 1.95. The fourth-order valence-corrected chi connectivity index (χ4v) is 3.55. The van der Waals surface area contributed by atoms with Gasteiger partial charge in [-0.15, -0.1) is 0 Å². The average Bonchev–Trinajstić information content (AvgIpc) is 2.68. The molecule has 3 aliphatic rings. The summed E-state index contributed by atoms with van der Waals surface area (Å²) in [6.45, 7) is 1.92. The quantitative estimate of drug-likeness (QED) is 0.445. The molecule has 1 amide bonds. The molecule has 0 aromatic carbocycles. The number of hydrogen-bond acceptors (Lipinski definition) is 7. The number of hydrogen-bond donors (Lipinski definition) is 4. The second-order valence-electron chi connectivity index (χ2n) is 5.51. The number of aliphatic hydroxyl groups excluding tert-OH is 2. The fourth-order valence-electron chi connectivity index (χ4n) is 3.55. The first-order chi connectivity index (χ1) is 9.48. The summed E-state index contributed by atoms with van der Waals surface area (Å²) in [6.07, 6.45) is -1.97. The van der Waals surface area contributed by atoms with E-state index in [1.165, 1.54) is 0 Å². The lowest BCUT2D eigenvalue weighted by molar-refractivity contribution is -0.175. The summed E-state index contributed by atoms with van der Waals surface area (Å²) in [4.78, 5) is 23.6. The number of amides is 1. The molecule has 8 heteroatoms. The van der Waals surface area contributed by atoms with Gasteiger partial charge in [-0.3, -0.25) is 10.1 Å². The normalized spacial score (nSPS) is 46.1. The van der Waals surface area contributed by atoms with Crippen LogP contribution in [0.5, 0.6) is 0 Å². The minimum absolute atomic E-state index is 0.103. The van der Waals surface area contributed by atoms with Crippen LogP contribution < -0.4 is 10.6 Å². The molecule has 6 atom stereocenters. The molecule has 2 heterocycles. The molecule has 2 unspecified atom stereocenters. The lowest BCUT2D eigenvalue weighted by Gasteiger charge is -2.52. The third-order valence-electron chi connectivity index (χ3n) is 4.31. The van der Waals surface area contributed by atoms with E-state index in [4.69, 9.17) is 9.47 Å². The van der Waals surface area contributed by atoms with Crippen molar-refractivity contribution in [3.05, 3.63) is 0 Å². The first kappa shape index (κ1) is 13.6. The minimum Gasteiger partial charge on any atom is -0.465 e. The van der Waals surface area contributed by atoms with Crippen molar-refractivity contribution in [1.82, 2.24) is 10.6 Å². The number of fused-ring (bicyclic) bond motifs is 1. The highest BCUT2D eigenvalue weighted by molar-refractivity contribution is 5.81. The molecule has 2 saturated heterocycles. The number of carbonyl (C=O) groups is 2. The first-order valence-corrected chi connectivity index (χ1v) is 6.76. The summed E-state index contributed by atoms with van der Waals surface area (Å²) < 4.78 is 10.3. The van der Waals surface area contributed by atoms with Gasteiger partial charge in [0.2, 0.25) is 0 Å². The number of carbonyl (C=O) groups excluding carboxylic acids is 2. The van der Waals surface area contributed by atoms with Gasteiger partial charge in [0, 0.05) is 12.5 Å². The Kier molecular flexibility index (Phi) is 3.11. The van der Waals surface area contributed by atoms with E-state index in [1.54, 1.807) is 6.92 Å². The van der Waals surface area contributed by atoms with E-state index in [1.807, 2.05) is 0 Å². The summed E-state index contributed by atoms with van der Waals surface area (Å²) >= 11 is 0. The number of esters is 1. The molecule has 1 saturated carbocycles. The van der Waals surface area contributed by atoms with Gasteiger partial charge >= 0.3 is 12.1 Å². The summed E-state index contributed by atoms with van der Waals surface area (Å²) in [7, 11) is 0. The molecule has 1 aliphatic carbocycles. The molecule has 1 spiro atoms. The second-order valence-corrected chi connectivity index (χ2v) is 5.51. The van der Waals surface area contributed by atoms with Gasteiger partial charge < -0.3 is 25.0 Å². The van der Waals surface area contributed by atoms with Gasteiger partial charge in [-0.25, -0.2) is 4.79 Å². The number of rotatable bonds is 2. The Morgan fingerprint density at radius 2 is 2.30 bits per heavy atom. The van der Waals surface area contributed by atoms with Crippen LogP contribution in [0.15, 0.2) is 0 Å². The molecular formula is C12H18N2O6. The van der Waals surface area contributed by atoms with E-state index in [0.29, 0.717) is 6.42 Å². The van der Waals surface area contributed by atoms with Crippen LogP contribution >= 0.6 is 0 Å². The van der Waals surface area contributed by atoms with Crippen LogP contribution in [0.2, 0.25) is 0 Å². The Hall–Kier alpha value is -1.38. The summed E-state index contributed by atoms with van der Waals surface area (Å²) in [6, 6.07) is -2.06. The van der Waals surface area contributed by atoms with Crippen LogP contribution in [0.1, 0.15) is 19.8 Å². The molecule has 2 bridgehead atoms. The topological polar surface area (TPSA) is 117 Å². The van der Waals surface area contributed by atoms with Crippen LogP contribution in [0, 0.1) is 0 Å². The predicted octanol–water partition coefficient (Wildman–Crippen LogP) is -1.75. The second kappa shape index (κ2) is 4.57. The molecule has 0 aromatic heterocycles. The minimum atomic E-state index is -1.28. The molecule has 8 nitrogen and oxygen atoms in total. The third-order valence-corrected chi connectivity index (χ3v) is 4.31. The highest BCUT2D eigenvalue weighted by Crippen LogP contribution is 2.43. The largest absolute Gasteiger partial charge is 0.465 e. The summed E-state index contributed by atoms with van der Waals surface area (Å²) in [5.41, 5.74) is -1.28. The van der Waals surface area contributed by atoms with Crippen LogP contribution in [-0.2, 0) is 14.3 Å². The van der Waals surface area contributed by atoms with Crippen LogP contribution in [0.3, 0.4) is 0 Å². The van der Waals surface area contributed by atoms with E-state index >= 15 is 0 Å². The van der Waals surface area contributed by atoms with E-state index < -0.39 is 48.0 Å². The summed E-state index contributed by atoms with van der Waals surface area (Å²) in [5, 5.41) is 25.8. The predicted molar refractivity (Wildman–Crippen MR) is 64.7 cm³/mol. The molecule has 4 N–H and O–H groups in total. The molecule has 3 rings (SSSR count). The van der Waals surface area contributed by atoms with Crippen LogP contribution in [-0.4, -0.2) is 64.8 Å². The maximum absolute atomic E-state index is 12.0. The lowest BCUT2D eigenvalue weighted by Crippen LogP contribution is -2.77. The highest BCUT2D eigenvalue weighted by Gasteiger charge is 2.66. The third kappa shape index (κ3) is 1.79. The monoisotopic (exact) mass is 286 g/mol. The molecular weight excluding hydrogens is 268 g/mol. The van der Waals surface area contributed by atoms with E-state index in [-0.39, 0.29) is 13.0 Å². The Bertz CT molecular complexity index is 444. The maximum atomic E-state index is 12.0. The van der Waals surface area contributed by atoms with Crippen molar-refractivity contribution in [3.8, 4) is 0 Å². The number of ether oxygens (including phenoxy) is 2. The van der Waals surface area contributed by atoms with Crippen molar-refractivity contribution < 1.29 is 29.3 Å². The van der Waals surface area contributed by atoms with Gasteiger partial charge in [0.25, 0.3) is 0 Å². The Morgan fingerprint density at radius 1 is 1.55 bits per heavy atom. The van der Waals surface area contributed by atoms with Gasteiger partial charge in [-0.05, 0) is 13.3 Å². The molecule has 112 valence electrons. The van der Waals surface area contributed by atoms with Gasteiger partial charge in [0.1, 0.15) is 18.2 Å². The number of aliphatic hydroxyl groups is 2. The SMILES string of the molecule is CCOC(=O)[C@@H]1NC2C[C@@H](O)C[C@@]3(OC(=O)N[C@@H]13)C2O. The number of nitrogens with one attached hydrogen (secondary N) is 2. The lowest BCUT2D eigenvalue weighted by atomic mass is 9.68. The molecule has 20 heavy (non-hydrogen) atoms. The smallest absolute Gasteiger partial charge is 0.408 e. The zero-order valence-corrected chi connectivity index (χ0v) is 11.0. The van der Waals surface area contributed by atoms with E-state index in [2.05, 4.69) is 10.6 Å². The van der Waals surface area contributed by atoms with Crippen molar-refractivity contribution in [2.24, 2.45) is 0 Å². The molecule has 2 aliphatic heterocycles. The highest BCUT2D eigenvalue weighted by atomic mass is 16.6. The maximum Gasteiger partial charge on any atom is 0.408 e. The van der Waals surface area contributed by atoms with Gasteiger partial charge in [0.15, 0.2) is 5.60 Å². The van der Waals surface area contributed by atoms with Crippen molar-refractivity contribution in [1.29, 1.82) is 0 Å². The molecule has 0 radical (unpaired) electrons.